The van der Waals surface area contributed by atoms with E-state index in [0.29, 0.717) is 33.6 Å². The zero-order valence-electron chi connectivity index (χ0n) is 13.0. The molecule has 3 aromatic rings. The summed E-state index contributed by atoms with van der Waals surface area (Å²) in [4.78, 5) is 20.5. The molecular weight excluding hydrogens is 365 g/mol. The third-order valence-corrected chi connectivity index (χ3v) is 5.26. The van der Waals surface area contributed by atoms with E-state index in [1.165, 1.54) is 23.6 Å². The highest BCUT2D eigenvalue weighted by molar-refractivity contribution is 7.22. The standard InChI is InChI=1S/C17H13ClFN3O2S/c18-10-2-1-3-11(19)13(10)16-21-12-6-7-20-15(14(12)25-16)22-17(23)24-8-9-4-5-9/h1-3,6-7,9H,4-5,8H2,(H,20,22,23). The SMILES string of the molecule is O=C(Nc1nccc2nc(-c3c(F)cccc3Cl)sc12)OCC1CC1. The second-order valence-electron chi connectivity index (χ2n) is 5.79. The first-order valence-electron chi connectivity index (χ1n) is 7.75. The Morgan fingerprint density at radius 2 is 2.24 bits per heavy atom. The lowest BCUT2D eigenvalue weighted by molar-refractivity contribution is 0.156. The minimum atomic E-state index is -0.550. The van der Waals surface area contributed by atoms with Crippen LogP contribution in [0.4, 0.5) is 15.0 Å². The number of carbonyl (C=O) groups excluding carboxylic acids is 1. The molecule has 1 aromatic carbocycles. The number of nitrogens with zero attached hydrogens (tertiary/aromatic N) is 2. The molecule has 5 nitrogen and oxygen atoms in total. The molecule has 8 heteroatoms. The van der Waals surface area contributed by atoms with Crippen molar-refractivity contribution in [1.82, 2.24) is 9.97 Å². The van der Waals surface area contributed by atoms with E-state index < -0.39 is 11.9 Å². The van der Waals surface area contributed by atoms with Gasteiger partial charge in [-0.15, -0.1) is 11.3 Å². The van der Waals surface area contributed by atoms with Crippen LogP contribution < -0.4 is 5.32 Å². The van der Waals surface area contributed by atoms with Crippen molar-refractivity contribution in [3.8, 4) is 10.6 Å². The van der Waals surface area contributed by atoms with Crippen molar-refractivity contribution < 1.29 is 13.9 Å². The number of carbonyl (C=O) groups is 1. The van der Waals surface area contributed by atoms with Gasteiger partial charge in [-0.05, 0) is 37.0 Å². The largest absolute Gasteiger partial charge is 0.449 e. The summed E-state index contributed by atoms with van der Waals surface area (Å²) in [6, 6.07) is 6.18. The highest BCUT2D eigenvalue weighted by atomic mass is 35.5. The Morgan fingerprint density at radius 3 is 3.00 bits per heavy atom. The van der Waals surface area contributed by atoms with Crippen LogP contribution >= 0.6 is 22.9 Å². The van der Waals surface area contributed by atoms with E-state index in [1.807, 2.05) is 0 Å². The quantitative estimate of drug-likeness (QED) is 0.686. The van der Waals surface area contributed by atoms with E-state index >= 15 is 0 Å². The molecule has 2 heterocycles. The number of hydrogen-bond acceptors (Lipinski definition) is 5. The van der Waals surface area contributed by atoms with Crippen LogP contribution in [0.1, 0.15) is 12.8 Å². The van der Waals surface area contributed by atoms with Crippen molar-refractivity contribution in [3.63, 3.8) is 0 Å². The third kappa shape index (κ3) is 3.43. The molecule has 0 aliphatic heterocycles. The van der Waals surface area contributed by atoms with Gasteiger partial charge in [0, 0.05) is 6.20 Å². The normalized spacial score (nSPS) is 13.8. The number of hydrogen-bond donors (Lipinski definition) is 1. The summed E-state index contributed by atoms with van der Waals surface area (Å²) in [6.07, 6.45) is 3.18. The fourth-order valence-electron chi connectivity index (χ4n) is 2.36. The van der Waals surface area contributed by atoms with Crippen LogP contribution in [0, 0.1) is 11.7 Å². The molecule has 1 aliphatic rings. The predicted octanol–water partition coefficient (Wildman–Crippen LogP) is 5.11. The monoisotopic (exact) mass is 377 g/mol. The predicted molar refractivity (Wildman–Crippen MR) is 95.5 cm³/mol. The molecule has 1 saturated carbocycles. The summed E-state index contributed by atoms with van der Waals surface area (Å²) >= 11 is 7.33. The molecule has 0 saturated heterocycles. The van der Waals surface area contributed by atoms with Crippen LogP contribution in [0.3, 0.4) is 0 Å². The first-order valence-corrected chi connectivity index (χ1v) is 8.95. The van der Waals surface area contributed by atoms with Gasteiger partial charge in [0.05, 0.1) is 27.4 Å². The summed E-state index contributed by atoms with van der Waals surface area (Å²) in [5.41, 5.74) is 0.847. The Kier molecular flexibility index (Phi) is 4.27. The molecule has 4 rings (SSSR count). The second-order valence-corrected chi connectivity index (χ2v) is 7.20. The number of anilines is 1. The minimum Gasteiger partial charge on any atom is -0.449 e. The van der Waals surface area contributed by atoms with Gasteiger partial charge in [0.15, 0.2) is 5.82 Å². The maximum atomic E-state index is 14.1. The number of rotatable bonds is 4. The van der Waals surface area contributed by atoms with E-state index in [9.17, 15) is 9.18 Å². The van der Waals surface area contributed by atoms with Crippen molar-refractivity contribution in [1.29, 1.82) is 0 Å². The van der Waals surface area contributed by atoms with E-state index in [2.05, 4.69) is 15.3 Å². The summed E-state index contributed by atoms with van der Waals surface area (Å²) in [5, 5.41) is 3.35. The van der Waals surface area contributed by atoms with Crippen LogP contribution in [-0.4, -0.2) is 22.7 Å². The molecule has 2 aromatic heterocycles. The number of halogens is 2. The molecule has 0 atom stereocenters. The Labute approximate surface area is 151 Å². The van der Waals surface area contributed by atoms with Gasteiger partial charge in [0.25, 0.3) is 0 Å². The molecule has 1 amide bonds. The Bertz CT molecular complexity index is 938. The van der Waals surface area contributed by atoms with Crippen LogP contribution in [0.2, 0.25) is 5.02 Å². The molecule has 25 heavy (non-hydrogen) atoms. The number of ether oxygens (including phenoxy) is 1. The van der Waals surface area contributed by atoms with Gasteiger partial charge in [-0.3, -0.25) is 5.32 Å². The highest BCUT2D eigenvalue weighted by Crippen LogP contribution is 2.38. The number of aromatic nitrogens is 2. The van der Waals surface area contributed by atoms with Crippen LogP contribution in [0.25, 0.3) is 20.8 Å². The van der Waals surface area contributed by atoms with Gasteiger partial charge < -0.3 is 4.74 Å². The lowest BCUT2D eigenvalue weighted by Crippen LogP contribution is -2.15. The molecule has 0 spiro atoms. The van der Waals surface area contributed by atoms with Crippen LogP contribution in [0.15, 0.2) is 30.5 Å². The molecule has 1 aliphatic carbocycles. The van der Waals surface area contributed by atoms with E-state index in [-0.39, 0.29) is 10.6 Å². The number of amides is 1. The zero-order valence-corrected chi connectivity index (χ0v) is 14.5. The zero-order chi connectivity index (χ0) is 17.4. The lowest BCUT2D eigenvalue weighted by atomic mass is 10.2. The van der Waals surface area contributed by atoms with Crippen molar-refractivity contribution in [2.75, 3.05) is 11.9 Å². The summed E-state index contributed by atoms with van der Waals surface area (Å²) < 4.78 is 19.9. The van der Waals surface area contributed by atoms with Gasteiger partial charge >= 0.3 is 6.09 Å². The summed E-state index contributed by atoms with van der Waals surface area (Å²) in [7, 11) is 0. The molecule has 0 bridgehead atoms. The first kappa shape index (κ1) is 16.2. The maximum absolute atomic E-state index is 14.1. The van der Waals surface area contributed by atoms with Gasteiger partial charge in [0.1, 0.15) is 10.8 Å². The fourth-order valence-corrected chi connectivity index (χ4v) is 3.74. The Morgan fingerprint density at radius 1 is 1.40 bits per heavy atom. The van der Waals surface area contributed by atoms with Crippen molar-refractivity contribution >= 4 is 45.1 Å². The minimum absolute atomic E-state index is 0.243. The molecule has 1 fully saturated rings. The topological polar surface area (TPSA) is 64.1 Å². The molecule has 1 N–H and O–H groups in total. The number of nitrogens with one attached hydrogen (secondary N) is 1. The Hall–Kier alpha value is -2.25. The average Bonchev–Trinajstić information content (AvgIpc) is 3.31. The van der Waals surface area contributed by atoms with Crippen LogP contribution in [-0.2, 0) is 4.74 Å². The smallest absolute Gasteiger partial charge is 0.412 e. The van der Waals surface area contributed by atoms with Crippen molar-refractivity contribution in [3.05, 3.63) is 41.3 Å². The number of thiazole rings is 1. The number of benzene rings is 1. The van der Waals surface area contributed by atoms with E-state index in [4.69, 9.17) is 16.3 Å². The average molecular weight is 378 g/mol. The van der Waals surface area contributed by atoms with Gasteiger partial charge in [-0.2, -0.15) is 0 Å². The molecule has 128 valence electrons. The van der Waals surface area contributed by atoms with Crippen molar-refractivity contribution in [2.24, 2.45) is 5.92 Å². The summed E-state index contributed by atoms with van der Waals surface area (Å²) in [5.74, 6) is 0.375. The third-order valence-electron chi connectivity index (χ3n) is 3.85. The Balaban J connectivity index is 1.65. The molecule has 0 unspecified atom stereocenters. The second kappa shape index (κ2) is 6.57. The van der Waals surface area contributed by atoms with Gasteiger partial charge in [-0.25, -0.2) is 19.2 Å². The number of fused-ring (bicyclic) bond motifs is 1. The maximum Gasteiger partial charge on any atom is 0.412 e. The van der Waals surface area contributed by atoms with Gasteiger partial charge in [-0.1, -0.05) is 17.7 Å². The van der Waals surface area contributed by atoms with E-state index in [0.717, 1.165) is 12.8 Å². The van der Waals surface area contributed by atoms with E-state index in [1.54, 1.807) is 18.2 Å². The summed E-state index contributed by atoms with van der Waals surface area (Å²) in [6.45, 7) is 0.417. The van der Waals surface area contributed by atoms with Crippen molar-refractivity contribution in [2.45, 2.75) is 12.8 Å². The fraction of sp³-hybridized carbons (Fsp3) is 0.235. The lowest BCUT2D eigenvalue weighted by Gasteiger charge is -2.05. The molecule has 0 radical (unpaired) electrons. The molecular formula is C17H13ClFN3O2S. The highest BCUT2D eigenvalue weighted by Gasteiger charge is 2.23. The van der Waals surface area contributed by atoms with Gasteiger partial charge in [0.2, 0.25) is 0 Å². The van der Waals surface area contributed by atoms with Crippen LogP contribution in [0.5, 0.6) is 0 Å². The number of pyridine rings is 1. The first-order chi connectivity index (χ1) is 12.1.